The number of H-pyrrole nitrogens is 1. The molecular formula is C12H14N4O2. The predicted octanol–water partition coefficient (Wildman–Crippen LogP) is 1.31. The van der Waals surface area contributed by atoms with Gasteiger partial charge >= 0.3 is 5.97 Å². The summed E-state index contributed by atoms with van der Waals surface area (Å²) in [5.41, 5.74) is 2.50. The molecule has 18 heavy (non-hydrogen) atoms. The third-order valence-electron chi connectivity index (χ3n) is 3.42. The van der Waals surface area contributed by atoms with Crippen molar-refractivity contribution in [1.29, 1.82) is 0 Å². The summed E-state index contributed by atoms with van der Waals surface area (Å²) in [5, 5.41) is 13.3. The van der Waals surface area contributed by atoms with Crippen LogP contribution in [-0.2, 0) is 18.3 Å². The van der Waals surface area contributed by atoms with Crippen molar-refractivity contribution in [3.05, 3.63) is 23.7 Å². The van der Waals surface area contributed by atoms with Crippen LogP contribution in [0.5, 0.6) is 0 Å². The smallest absolute Gasteiger partial charge is 0.312 e. The number of imidazole rings is 1. The molecule has 0 bridgehead atoms. The van der Waals surface area contributed by atoms with Gasteiger partial charge in [0.15, 0.2) is 5.82 Å². The normalized spacial score (nSPS) is 18.6. The number of aliphatic carboxylic acids is 1. The highest BCUT2D eigenvalue weighted by Gasteiger charge is 2.30. The van der Waals surface area contributed by atoms with E-state index in [-0.39, 0.29) is 0 Å². The number of aryl methyl sites for hydroxylation is 2. The molecule has 0 radical (unpaired) electrons. The van der Waals surface area contributed by atoms with Crippen LogP contribution < -0.4 is 0 Å². The van der Waals surface area contributed by atoms with Gasteiger partial charge in [-0.1, -0.05) is 0 Å². The lowest BCUT2D eigenvalue weighted by atomic mass is 9.90. The number of rotatable bonds is 2. The van der Waals surface area contributed by atoms with E-state index in [0.717, 1.165) is 24.2 Å². The number of aromatic nitrogens is 4. The first-order chi connectivity index (χ1) is 8.66. The molecule has 0 amide bonds. The molecule has 2 aromatic rings. The number of nitrogens with zero attached hydrogens (tertiary/aromatic N) is 3. The van der Waals surface area contributed by atoms with E-state index in [4.69, 9.17) is 0 Å². The number of nitrogens with one attached hydrogen (secondary N) is 1. The van der Waals surface area contributed by atoms with Crippen molar-refractivity contribution in [3.63, 3.8) is 0 Å². The lowest BCUT2D eigenvalue weighted by Gasteiger charge is -2.16. The maximum Gasteiger partial charge on any atom is 0.312 e. The van der Waals surface area contributed by atoms with Crippen LogP contribution in [0.1, 0.15) is 30.1 Å². The molecule has 0 saturated heterocycles. The van der Waals surface area contributed by atoms with Crippen LogP contribution in [0.4, 0.5) is 0 Å². The molecule has 1 atom stereocenters. The fraction of sp³-hybridized carbons (Fsp3) is 0.417. The molecule has 2 N–H and O–H groups in total. The maximum atomic E-state index is 11.2. The Bertz CT molecular complexity index is 599. The second kappa shape index (κ2) is 3.97. The fourth-order valence-electron chi connectivity index (χ4n) is 2.49. The Morgan fingerprint density at radius 1 is 1.61 bits per heavy atom. The van der Waals surface area contributed by atoms with E-state index in [1.807, 2.05) is 13.1 Å². The quantitative estimate of drug-likeness (QED) is 0.836. The summed E-state index contributed by atoms with van der Waals surface area (Å²) in [6.45, 7) is 0. The summed E-state index contributed by atoms with van der Waals surface area (Å²) in [6.07, 6.45) is 4.12. The molecule has 1 aliphatic rings. The Morgan fingerprint density at radius 3 is 3.11 bits per heavy atom. The van der Waals surface area contributed by atoms with Gasteiger partial charge in [0.25, 0.3) is 0 Å². The van der Waals surface area contributed by atoms with Crippen LogP contribution in [0.25, 0.3) is 11.5 Å². The molecule has 6 heteroatoms. The summed E-state index contributed by atoms with van der Waals surface area (Å²) in [5.74, 6) is -0.570. The molecule has 2 heterocycles. The van der Waals surface area contributed by atoms with Crippen LogP contribution in [0.3, 0.4) is 0 Å². The second-order valence-electron chi connectivity index (χ2n) is 4.57. The standard InChI is InChI=1S/C12H14N4O2/c1-16-9(5-6-13-16)11-14-8-4-2-3-7(12(17)18)10(8)15-11/h5-7H,2-4H2,1H3,(H,14,15)(H,17,18). The van der Waals surface area contributed by atoms with Crippen LogP contribution in [0, 0.1) is 0 Å². The van der Waals surface area contributed by atoms with Gasteiger partial charge in [0.1, 0.15) is 11.6 Å². The Morgan fingerprint density at radius 2 is 2.44 bits per heavy atom. The van der Waals surface area contributed by atoms with Crippen LogP contribution >= 0.6 is 0 Å². The molecule has 6 nitrogen and oxygen atoms in total. The summed E-state index contributed by atoms with van der Waals surface area (Å²) in [7, 11) is 1.84. The summed E-state index contributed by atoms with van der Waals surface area (Å²) < 4.78 is 1.72. The van der Waals surface area contributed by atoms with E-state index in [1.165, 1.54) is 0 Å². The van der Waals surface area contributed by atoms with Crippen molar-refractivity contribution >= 4 is 5.97 Å². The number of carbonyl (C=O) groups is 1. The first-order valence-corrected chi connectivity index (χ1v) is 5.97. The molecule has 0 saturated carbocycles. The van der Waals surface area contributed by atoms with Gasteiger partial charge < -0.3 is 10.1 Å². The van der Waals surface area contributed by atoms with Gasteiger partial charge in [-0.15, -0.1) is 0 Å². The van der Waals surface area contributed by atoms with Crippen molar-refractivity contribution in [3.8, 4) is 11.5 Å². The highest BCUT2D eigenvalue weighted by atomic mass is 16.4. The van der Waals surface area contributed by atoms with E-state index < -0.39 is 11.9 Å². The number of aromatic amines is 1. The Hall–Kier alpha value is -2.11. The van der Waals surface area contributed by atoms with Crippen molar-refractivity contribution < 1.29 is 9.90 Å². The number of hydrogen-bond donors (Lipinski definition) is 2. The van der Waals surface area contributed by atoms with Crippen molar-refractivity contribution in [2.45, 2.75) is 25.2 Å². The third-order valence-corrected chi connectivity index (χ3v) is 3.42. The molecule has 1 aliphatic carbocycles. The lowest BCUT2D eigenvalue weighted by Crippen LogP contribution is -2.17. The summed E-state index contributed by atoms with van der Waals surface area (Å²) >= 11 is 0. The zero-order chi connectivity index (χ0) is 12.7. The molecule has 1 unspecified atom stereocenters. The van der Waals surface area contributed by atoms with Crippen molar-refractivity contribution in [2.24, 2.45) is 7.05 Å². The van der Waals surface area contributed by atoms with E-state index in [9.17, 15) is 9.90 Å². The predicted molar refractivity (Wildman–Crippen MR) is 64.1 cm³/mol. The van der Waals surface area contributed by atoms with E-state index in [2.05, 4.69) is 15.1 Å². The van der Waals surface area contributed by atoms with Crippen molar-refractivity contribution in [2.75, 3.05) is 0 Å². The van der Waals surface area contributed by atoms with Crippen LogP contribution in [0.15, 0.2) is 12.3 Å². The number of carboxylic acid groups (broad SMARTS) is 1. The maximum absolute atomic E-state index is 11.2. The average molecular weight is 246 g/mol. The lowest BCUT2D eigenvalue weighted by molar-refractivity contribution is -0.139. The van der Waals surface area contributed by atoms with E-state index in [0.29, 0.717) is 17.9 Å². The zero-order valence-electron chi connectivity index (χ0n) is 10.1. The molecule has 2 aromatic heterocycles. The molecule has 0 spiro atoms. The highest BCUT2D eigenvalue weighted by molar-refractivity contribution is 5.76. The molecule has 0 aliphatic heterocycles. The third kappa shape index (κ3) is 1.61. The average Bonchev–Trinajstić information content (AvgIpc) is 2.92. The van der Waals surface area contributed by atoms with Crippen LogP contribution in [0.2, 0.25) is 0 Å². The van der Waals surface area contributed by atoms with Gasteiger partial charge in [-0.25, -0.2) is 4.98 Å². The van der Waals surface area contributed by atoms with Crippen molar-refractivity contribution in [1.82, 2.24) is 19.7 Å². The Kier molecular flexibility index (Phi) is 2.43. The highest BCUT2D eigenvalue weighted by Crippen LogP contribution is 2.32. The van der Waals surface area contributed by atoms with Gasteiger partial charge in [0, 0.05) is 18.9 Å². The largest absolute Gasteiger partial charge is 0.481 e. The monoisotopic (exact) mass is 246 g/mol. The molecular weight excluding hydrogens is 232 g/mol. The van der Waals surface area contributed by atoms with E-state index >= 15 is 0 Å². The SMILES string of the molecule is Cn1nccc1-c1nc2c([nH]1)CCCC2C(=O)O. The zero-order valence-corrected chi connectivity index (χ0v) is 10.1. The Labute approximate surface area is 104 Å². The van der Waals surface area contributed by atoms with Gasteiger partial charge in [0.05, 0.1) is 5.69 Å². The van der Waals surface area contributed by atoms with Crippen LogP contribution in [-0.4, -0.2) is 30.8 Å². The molecule has 94 valence electrons. The number of hydrogen-bond acceptors (Lipinski definition) is 3. The number of carboxylic acids is 1. The summed E-state index contributed by atoms with van der Waals surface area (Å²) in [6, 6.07) is 1.86. The topological polar surface area (TPSA) is 83.8 Å². The fourth-order valence-corrected chi connectivity index (χ4v) is 2.49. The second-order valence-corrected chi connectivity index (χ2v) is 4.57. The Balaban J connectivity index is 2.06. The molecule has 0 fully saturated rings. The summed E-state index contributed by atoms with van der Waals surface area (Å²) in [4.78, 5) is 18.9. The first-order valence-electron chi connectivity index (χ1n) is 5.97. The van der Waals surface area contributed by atoms with E-state index in [1.54, 1.807) is 10.9 Å². The molecule has 0 aromatic carbocycles. The first kappa shape index (κ1) is 11.0. The van der Waals surface area contributed by atoms with Gasteiger partial charge in [-0.3, -0.25) is 9.48 Å². The minimum absolute atomic E-state index is 0.480. The minimum Gasteiger partial charge on any atom is -0.481 e. The number of fused-ring (bicyclic) bond motifs is 1. The van der Waals surface area contributed by atoms with Gasteiger partial charge in [-0.2, -0.15) is 5.10 Å². The van der Waals surface area contributed by atoms with Gasteiger partial charge in [0.2, 0.25) is 0 Å². The molecule has 3 rings (SSSR count). The van der Waals surface area contributed by atoms with Gasteiger partial charge in [-0.05, 0) is 25.3 Å². The minimum atomic E-state index is -0.793.